The normalized spacial score (nSPS) is 15.0. The molecule has 2 heterocycles. The summed E-state index contributed by atoms with van der Waals surface area (Å²) in [7, 11) is 1.65. The third-order valence-corrected chi connectivity index (χ3v) is 9.66. The Morgan fingerprint density at radius 2 is 1.77 bits per heavy atom. The second-order valence-corrected chi connectivity index (χ2v) is 12.9. The summed E-state index contributed by atoms with van der Waals surface area (Å²) in [6, 6.07) is 20.8. The average molecular weight is 794 g/mol. The maximum atomic E-state index is 14.1. The number of carbonyl (C=O) groups excluding carboxylic acids is 1. The lowest BCUT2D eigenvalue weighted by Crippen LogP contribution is -2.40. The Balaban J connectivity index is 1.80. The quantitative estimate of drug-likeness (QED) is 0.133. The second kappa shape index (κ2) is 12.6. The number of ether oxygens (including phenoxy) is 2. The van der Waals surface area contributed by atoms with Gasteiger partial charge in [0.15, 0.2) is 4.80 Å². The topological polar surface area (TPSA) is 69.9 Å². The summed E-state index contributed by atoms with van der Waals surface area (Å²) in [6.45, 7) is 1.98. The number of benzene rings is 3. The predicted octanol–water partition coefficient (Wildman–Crippen LogP) is 5.88. The number of rotatable bonds is 7. The lowest BCUT2D eigenvalue weighted by atomic mass is 9.93. The number of esters is 1. The summed E-state index contributed by atoms with van der Waals surface area (Å²) < 4.78 is 15.1. The number of hydrogen-bond acceptors (Lipinski definition) is 7. The number of hydrogen-bond donors (Lipinski definition) is 0. The van der Waals surface area contributed by atoms with E-state index in [4.69, 9.17) is 14.5 Å². The van der Waals surface area contributed by atoms with Gasteiger partial charge in [0, 0.05) is 10.5 Å². The smallest absolute Gasteiger partial charge is 0.338 e. The summed E-state index contributed by atoms with van der Waals surface area (Å²) in [4.78, 5) is 34.2. The molecule has 3 aromatic carbocycles. The van der Waals surface area contributed by atoms with Crippen LogP contribution in [0, 0.1) is 7.14 Å². The fourth-order valence-electron chi connectivity index (χ4n) is 4.55. The molecule has 0 saturated heterocycles. The molecule has 1 aliphatic rings. The molecule has 6 nitrogen and oxygen atoms in total. The van der Waals surface area contributed by atoms with Gasteiger partial charge in [-0.25, -0.2) is 9.79 Å². The van der Waals surface area contributed by atoms with E-state index >= 15 is 0 Å². The first-order valence-electron chi connectivity index (χ1n) is 12.3. The van der Waals surface area contributed by atoms with Crippen LogP contribution >= 0.6 is 68.3 Å². The minimum Gasteiger partial charge on any atom is -0.495 e. The van der Waals surface area contributed by atoms with Crippen LogP contribution in [0.25, 0.3) is 11.8 Å². The van der Waals surface area contributed by atoms with Gasteiger partial charge in [0.25, 0.3) is 5.56 Å². The molecule has 4 aromatic rings. The summed E-state index contributed by atoms with van der Waals surface area (Å²) >= 11 is 7.41. The molecule has 0 saturated carbocycles. The minimum atomic E-state index is -0.695. The third-order valence-electron chi connectivity index (χ3n) is 6.33. The van der Waals surface area contributed by atoms with Gasteiger partial charge in [-0.1, -0.05) is 53.8 Å². The molecule has 0 amide bonds. The Morgan fingerprint density at radius 1 is 1.10 bits per heavy atom. The van der Waals surface area contributed by atoms with E-state index in [1.54, 1.807) is 30.4 Å². The fraction of sp³-hybridized carbons (Fsp3) is 0.167. The highest BCUT2D eigenvalue weighted by molar-refractivity contribution is 14.1. The summed E-state index contributed by atoms with van der Waals surface area (Å²) in [5.41, 5.74) is 3.13. The van der Waals surface area contributed by atoms with Crippen LogP contribution in [0.2, 0.25) is 0 Å². The van der Waals surface area contributed by atoms with Crippen molar-refractivity contribution in [1.82, 2.24) is 4.57 Å². The molecule has 0 spiro atoms. The minimum absolute atomic E-state index is 0.210. The number of nitrogens with zero attached hydrogens (tertiary/aromatic N) is 2. The molecule has 10 heteroatoms. The SMILES string of the molecule is CCOC(=O)C1=C(c2ccccc2)N=c2s/c(=C\c3cc(I)c(OC)c(I)c3)c(=O)n2[C@H]1c1ccc(SC)cc1. The number of thiazole rings is 1. The standard InChI is InChI=1S/C30H24I2N2O4S2/c1-4-38-29(36)24-25(18-8-6-5-7-9-18)33-30-34(26(24)19-10-12-20(39-3)13-11-19)28(35)23(40-30)16-17-14-21(31)27(37-2)22(32)15-17/h5-16,26H,4H2,1-3H3/b23-16-/t26-/m0/s1. The number of thioether (sulfide) groups is 1. The Hall–Kier alpha value is -2.42. The van der Waals surface area contributed by atoms with Crippen molar-refractivity contribution in [2.45, 2.75) is 17.9 Å². The molecule has 0 radical (unpaired) electrons. The van der Waals surface area contributed by atoms with Crippen molar-refractivity contribution < 1.29 is 14.3 Å². The van der Waals surface area contributed by atoms with Crippen LogP contribution in [0.3, 0.4) is 0 Å². The lowest BCUT2D eigenvalue weighted by Gasteiger charge is -2.26. The first kappa shape index (κ1) is 29.1. The average Bonchev–Trinajstić information content (AvgIpc) is 3.27. The van der Waals surface area contributed by atoms with Gasteiger partial charge >= 0.3 is 5.97 Å². The van der Waals surface area contributed by atoms with Crippen LogP contribution in [0.5, 0.6) is 5.75 Å². The lowest BCUT2D eigenvalue weighted by molar-refractivity contribution is -0.138. The largest absolute Gasteiger partial charge is 0.495 e. The molecule has 1 aromatic heterocycles. The zero-order valence-electron chi connectivity index (χ0n) is 21.8. The maximum absolute atomic E-state index is 14.1. The highest BCUT2D eigenvalue weighted by Crippen LogP contribution is 2.36. The number of methoxy groups -OCH3 is 1. The van der Waals surface area contributed by atoms with Crippen molar-refractivity contribution in [1.29, 1.82) is 0 Å². The molecule has 40 heavy (non-hydrogen) atoms. The number of carbonyl (C=O) groups is 1. The first-order valence-corrected chi connectivity index (χ1v) is 16.5. The van der Waals surface area contributed by atoms with Gasteiger partial charge < -0.3 is 9.47 Å². The predicted molar refractivity (Wildman–Crippen MR) is 178 cm³/mol. The van der Waals surface area contributed by atoms with E-state index in [0.717, 1.165) is 34.5 Å². The van der Waals surface area contributed by atoms with Gasteiger partial charge in [0.05, 0.1) is 42.7 Å². The third kappa shape index (κ3) is 5.68. The monoisotopic (exact) mass is 794 g/mol. The van der Waals surface area contributed by atoms with Crippen molar-refractivity contribution in [2.75, 3.05) is 20.0 Å². The molecular weight excluding hydrogens is 770 g/mol. The van der Waals surface area contributed by atoms with Gasteiger partial charge in [0.1, 0.15) is 5.75 Å². The summed E-state index contributed by atoms with van der Waals surface area (Å²) in [5, 5.41) is 0. The van der Waals surface area contributed by atoms with Crippen LogP contribution in [0.1, 0.15) is 29.7 Å². The van der Waals surface area contributed by atoms with E-state index in [0.29, 0.717) is 20.6 Å². The highest BCUT2D eigenvalue weighted by atomic mass is 127. The molecule has 0 aliphatic carbocycles. The first-order chi connectivity index (χ1) is 19.4. The zero-order chi connectivity index (χ0) is 28.4. The van der Waals surface area contributed by atoms with Crippen LogP contribution in [0.4, 0.5) is 0 Å². The number of fused-ring (bicyclic) bond motifs is 1. The molecule has 0 fully saturated rings. The number of halogens is 2. The molecule has 1 aliphatic heterocycles. The van der Waals surface area contributed by atoms with E-state index in [-0.39, 0.29) is 12.2 Å². The van der Waals surface area contributed by atoms with Crippen molar-refractivity contribution in [2.24, 2.45) is 4.99 Å². The Morgan fingerprint density at radius 3 is 2.38 bits per heavy atom. The van der Waals surface area contributed by atoms with Crippen LogP contribution < -0.4 is 19.6 Å². The van der Waals surface area contributed by atoms with Crippen molar-refractivity contribution in [3.05, 3.63) is 116 Å². The Labute approximate surface area is 267 Å². The maximum Gasteiger partial charge on any atom is 0.338 e. The molecule has 0 bridgehead atoms. The van der Waals surface area contributed by atoms with Crippen LogP contribution in [-0.4, -0.2) is 30.5 Å². The molecule has 1 atom stereocenters. The summed E-state index contributed by atoms with van der Waals surface area (Å²) in [6.07, 6.45) is 3.88. The molecule has 204 valence electrons. The fourth-order valence-corrected chi connectivity index (χ4v) is 8.22. The highest BCUT2D eigenvalue weighted by Gasteiger charge is 2.35. The van der Waals surface area contributed by atoms with E-state index < -0.39 is 12.0 Å². The molecule has 0 unspecified atom stereocenters. The van der Waals surface area contributed by atoms with Gasteiger partial charge in [0.2, 0.25) is 0 Å². The zero-order valence-corrected chi connectivity index (χ0v) is 27.8. The van der Waals surface area contributed by atoms with Crippen molar-refractivity contribution in [3.8, 4) is 5.75 Å². The van der Waals surface area contributed by atoms with Crippen molar-refractivity contribution >= 4 is 86.0 Å². The van der Waals surface area contributed by atoms with E-state index in [1.807, 2.05) is 79.1 Å². The van der Waals surface area contributed by atoms with E-state index in [9.17, 15) is 9.59 Å². The van der Waals surface area contributed by atoms with E-state index in [2.05, 4.69) is 45.2 Å². The van der Waals surface area contributed by atoms with E-state index in [1.165, 1.54) is 11.3 Å². The number of aromatic nitrogens is 1. The molecular formula is C30H24I2N2O4S2. The molecule has 0 N–H and O–H groups in total. The Kier molecular flexibility index (Phi) is 9.18. The second-order valence-electron chi connectivity index (χ2n) is 8.72. The van der Waals surface area contributed by atoms with Gasteiger partial charge in [-0.15, -0.1) is 11.8 Å². The van der Waals surface area contributed by atoms with Gasteiger partial charge in [-0.05, 0) is 99.8 Å². The van der Waals surface area contributed by atoms with Crippen LogP contribution in [0.15, 0.2) is 87.0 Å². The van der Waals surface area contributed by atoms with Crippen molar-refractivity contribution in [3.63, 3.8) is 0 Å². The Bertz CT molecular complexity index is 1770. The molecule has 5 rings (SSSR count). The van der Waals surface area contributed by atoms with Gasteiger partial charge in [-0.2, -0.15) is 0 Å². The van der Waals surface area contributed by atoms with Gasteiger partial charge in [-0.3, -0.25) is 9.36 Å². The van der Waals surface area contributed by atoms with Crippen LogP contribution in [-0.2, 0) is 9.53 Å². The summed E-state index contributed by atoms with van der Waals surface area (Å²) in [5.74, 6) is 0.317.